The molecule has 3 fully saturated rings. The average Bonchev–Trinajstić information content (AvgIpc) is 3.95. The van der Waals surface area contributed by atoms with Crippen molar-refractivity contribution in [2.24, 2.45) is 0 Å². The van der Waals surface area contributed by atoms with E-state index < -0.39 is 67.2 Å². The second-order valence-electron chi connectivity index (χ2n) is 13.6. The highest BCUT2D eigenvalue weighted by atomic mass is 79.9. The van der Waals surface area contributed by atoms with Crippen LogP contribution >= 0.6 is 27.5 Å². The maximum Gasteiger partial charge on any atom is 0.335 e. The zero-order valence-corrected chi connectivity index (χ0v) is 30.8. The summed E-state index contributed by atoms with van der Waals surface area (Å²) in [4.78, 5) is 27.3. The van der Waals surface area contributed by atoms with E-state index in [4.69, 9.17) is 16.3 Å². The Bertz CT molecular complexity index is 2180. The van der Waals surface area contributed by atoms with Gasteiger partial charge in [-0.1, -0.05) is 48.0 Å². The first kappa shape index (κ1) is 36.3. The standard InChI is InChI=1S/C38H33BrClF3N2O6S/c39-33-34(41)28(16-23-3-1-2-4-29(23)40)37(36(43)35(33)42)44-52(49,50)19-32(46)45(30-12-9-24(38(47)48)17-31(30)51-27-10-11-27)18-20-13-25(21-5-6-21)15-26(14-20)22-7-8-22/h1-4,9,12-15,17,21-22,27,44H,5-8,10-11,16,18-19H2,(H,47,48). The molecule has 7 rings (SSSR count). The van der Waals surface area contributed by atoms with Crippen molar-refractivity contribution in [2.75, 3.05) is 15.4 Å². The number of ether oxygens (including phenoxy) is 1. The van der Waals surface area contributed by atoms with Crippen molar-refractivity contribution in [3.63, 3.8) is 0 Å². The van der Waals surface area contributed by atoms with Gasteiger partial charge in [0.2, 0.25) is 15.9 Å². The molecule has 4 aromatic rings. The number of sulfonamides is 1. The molecule has 0 atom stereocenters. The topological polar surface area (TPSA) is 113 Å². The largest absolute Gasteiger partial charge is 0.488 e. The van der Waals surface area contributed by atoms with Crippen LogP contribution in [0.1, 0.15) is 88.5 Å². The smallest absolute Gasteiger partial charge is 0.335 e. The summed E-state index contributed by atoms with van der Waals surface area (Å²) >= 11 is 8.96. The highest BCUT2D eigenvalue weighted by Gasteiger charge is 2.34. The molecular weight excluding hydrogens is 785 g/mol. The third kappa shape index (κ3) is 8.11. The summed E-state index contributed by atoms with van der Waals surface area (Å²) in [6.07, 6.45) is 5.01. The van der Waals surface area contributed by atoms with Gasteiger partial charge in [-0.25, -0.2) is 26.4 Å². The molecule has 3 saturated carbocycles. The number of anilines is 2. The molecule has 3 aliphatic carbocycles. The van der Waals surface area contributed by atoms with Gasteiger partial charge in [-0.15, -0.1) is 0 Å². The Morgan fingerprint density at radius 3 is 2.15 bits per heavy atom. The zero-order valence-electron chi connectivity index (χ0n) is 27.6. The molecule has 0 radical (unpaired) electrons. The van der Waals surface area contributed by atoms with Gasteiger partial charge in [0.15, 0.2) is 11.6 Å². The summed E-state index contributed by atoms with van der Waals surface area (Å²) in [6.45, 7) is -0.0876. The van der Waals surface area contributed by atoms with E-state index in [2.05, 4.69) is 22.0 Å². The Morgan fingerprint density at radius 1 is 0.904 bits per heavy atom. The molecule has 0 spiro atoms. The number of nitrogens with one attached hydrogen (secondary N) is 1. The number of nitrogens with zero attached hydrogens (tertiary/aromatic N) is 1. The molecule has 0 unspecified atom stereocenters. The summed E-state index contributed by atoms with van der Waals surface area (Å²) in [5.74, 6) is -7.12. The summed E-state index contributed by atoms with van der Waals surface area (Å²) in [5.41, 5.74) is 1.87. The molecule has 0 saturated heterocycles. The summed E-state index contributed by atoms with van der Waals surface area (Å²) in [5, 5.41) is 9.88. The lowest BCUT2D eigenvalue weighted by Gasteiger charge is -2.26. The number of amides is 1. The van der Waals surface area contributed by atoms with E-state index in [1.165, 1.54) is 35.2 Å². The van der Waals surface area contributed by atoms with Gasteiger partial charge in [-0.2, -0.15) is 0 Å². The number of halogens is 5. The second-order valence-corrected chi connectivity index (χ2v) is 16.5. The summed E-state index contributed by atoms with van der Waals surface area (Å²) < 4.78 is 80.5. The molecule has 272 valence electrons. The average molecular weight is 818 g/mol. The fourth-order valence-corrected chi connectivity index (χ4v) is 7.87. The van der Waals surface area contributed by atoms with Crippen molar-refractivity contribution < 1.29 is 41.0 Å². The molecule has 0 heterocycles. The summed E-state index contributed by atoms with van der Waals surface area (Å²) in [6, 6.07) is 16.4. The van der Waals surface area contributed by atoms with Gasteiger partial charge in [0.25, 0.3) is 0 Å². The van der Waals surface area contributed by atoms with Crippen LogP contribution in [-0.4, -0.2) is 37.3 Å². The molecule has 8 nitrogen and oxygen atoms in total. The van der Waals surface area contributed by atoms with E-state index in [1.54, 1.807) is 12.1 Å². The molecule has 0 bridgehead atoms. The van der Waals surface area contributed by atoms with Crippen LogP contribution in [0.2, 0.25) is 5.02 Å². The van der Waals surface area contributed by atoms with Crippen LogP contribution in [-0.2, 0) is 27.8 Å². The molecule has 3 aliphatic rings. The highest BCUT2D eigenvalue weighted by molar-refractivity contribution is 9.10. The van der Waals surface area contributed by atoms with Crippen LogP contribution in [0, 0.1) is 17.5 Å². The summed E-state index contributed by atoms with van der Waals surface area (Å²) in [7, 11) is -4.84. The number of benzene rings is 4. The van der Waals surface area contributed by atoms with Crippen LogP contribution in [0.5, 0.6) is 5.75 Å². The Labute approximate surface area is 312 Å². The van der Waals surface area contributed by atoms with Crippen molar-refractivity contribution in [1.82, 2.24) is 0 Å². The number of carboxylic acid groups (broad SMARTS) is 1. The molecule has 0 aromatic heterocycles. The molecule has 1 amide bonds. The number of carboxylic acids is 1. The fourth-order valence-electron chi connectivity index (χ4n) is 6.18. The van der Waals surface area contributed by atoms with Crippen LogP contribution < -0.4 is 14.4 Å². The number of carbonyl (C=O) groups is 2. The van der Waals surface area contributed by atoms with E-state index in [1.807, 2.05) is 16.9 Å². The Balaban J connectivity index is 1.25. The second kappa shape index (κ2) is 14.4. The van der Waals surface area contributed by atoms with Crippen LogP contribution in [0.15, 0.2) is 65.1 Å². The maximum atomic E-state index is 15.5. The Hall–Kier alpha value is -4.07. The minimum atomic E-state index is -4.84. The molecule has 14 heteroatoms. The van der Waals surface area contributed by atoms with E-state index in [0.29, 0.717) is 17.4 Å². The number of rotatable bonds is 14. The van der Waals surface area contributed by atoms with E-state index >= 15 is 8.78 Å². The molecule has 52 heavy (non-hydrogen) atoms. The highest BCUT2D eigenvalue weighted by Crippen LogP contribution is 2.46. The lowest BCUT2D eigenvalue weighted by atomic mass is 9.99. The van der Waals surface area contributed by atoms with Gasteiger partial charge in [-0.05, 0) is 113 Å². The third-order valence-corrected chi connectivity index (χ3v) is 11.6. The molecule has 4 aromatic carbocycles. The van der Waals surface area contributed by atoms with E-state index in [-0.39, 0.29) is 34.7 Å². The van der Waals surface area contributed by atoms with Gasteiger partial charge < -0.3 is 14.7 Å². The number of hydrogen-bond donors (Lipinski definition) is 2. The third-order valence-electron chi connectivity index (χ3n) is 9.35. The van der Waals surface area contributed by atoms with Crippen LogP contribution in [0.25, 0.3) is 0 Å². The van der Waals surface area contributed by atoms with Gasteiger partial charge in [0.05, 0.1) is 34.1 Å². The number of carbonyl (C=O) groups excluding carboxylic acids is 1. The molecule has 0 aliphatic heterocycles. The van der Waals surface area contributed by atoms with Gasteiger partial charge in [0, 0.05) is 17.0 Å². The Kier molecular flexibility index (Phi) is 10.0. The maximum absolute atomic E-state index is 15.5. The van der Waals surface area contributed by atoms with E-state index in [0.717, 1.165) is 55.2 Å². The Morgan fingerprint density at radius 2 is 1.56 bits per heavy atom. The van der Waals surface area contributed by atoms with Gasteiger partial charge >= 0.3 is 5.97 Å². The van der Waals surface area contributed by atoms with Crippen molar-refractivity contribution in [3.8, 4) is 5.75 Å². The number of hydrogen-bond acceptors (Lipinski definition) is 5. The van der Waals surface area contributed by atoms with Gasteiger partial charge in [-0.3, -0.25) is 9.52 Å². The SMILES string of the molecule is O=C(O)c1ccc(N(Cc2cc(C3CC3)cc(C3CC3)c2)C(=O)CS(=O)(=O)Nc2c(F)c(F)c(Br)c(F)c2Cc2ccccc2Cl)c(OC2CC2)c1. The quantitative estimate of drug-likeness (QED) is 0.0971. The first-order chi connectivity index (χ1) is 24.8. The lowest BCUT2D eigenvalue weighted by Crippen LogP contribution is -2.37. The first-order valence-electron chi connectivity index (χ1n) is 16.8. The molecule has 2 N–H and O–H groups in total. The fraction of sp³-hybridized carbons (Fsp3) is 0.316. The van der Waals surface area contributed by atoms with Gasteiger partial charge in [0.1, 0.15) is 17.3 Å². The van der Waals surface area contributed by atoms with Crippen molar-refractivity contribution in [2.45, 2.75) is 69.4 Å². The first-order valence-corrected chi connectivity index (χ1v) is 19.7. The van der Waals surface area contributed by atoms with Crippen LogP contribution in [0.4, 0.5) is 24.5 Å². The van der Waals surface area contributed by atoms with Crippen molar-refractivity contribution in [1.29, 1.82) is 0 Å². The minimum Gasteiger partial charge on any atom is -0.488 e. The predicted molar refractivity (Wildman–Crippen MR) is 194 cm³/mol. The lowest BCUT2D eigenvalue weighted by molar-refractivity contribution is -0.116. The number of aromatic carboxylic acids is 1. The van der Waals surface area contributed by atoms with Crippen molar-refractivity contribution >= 4 is 60.8 Å². The zero-order chi connectivity index (χ0) is 36.9. The predicted octanol–water partition coefficient (Wildman–Crippen LogP) is 9.08. The molecular formula is C38H33BrClF3N2O6S. The normalized spacial score (nSPS) is 15.7. The van der Waals surface area contributed by atoms with Crippen molar-refractivity contribution in [3.05, 3.63) is 121 Å². The minimum absolute atomic E-state index is 0.0876. The monoisotopic (exact) mass is 816 g/mol. The van der Waals surface area contributed by atoms with E-state index in [9.17, 15) is 27.5 Å². The van der Waals surface area contributed by atoms with Crippen LogP contribution in [0.3, 0.4) is 0 Å².